The quantitative estimate of drug-likeness (QED) is 0.338. The molecule has 4 N–H and O–H groups in total. The molecule has 0 aliphatic carbocycles. The van der Waals surface area contributed by atoms with Gasteiger partial charge in [0.15, 0.2) is 6.29 Å². The van der Waals surface area contributed by atoms with Crippen molar-refractivity contribution in [3.8, 4) is 0 Å². The van der Waals surface area contributed by atoms with E-state index in [1.165, 1.54) is 0 Å². The molecule has 0 aromatic carbocycles. The summed E-state index contributed by atoms with van der Waals surface area (Å²) >= 11 is 0. The molecule has 28 heavy (non-hydrogen) atoms. The highest BCUT2D eigenvalue weighted by Crippen LogP contribution is 2.22. The van der Waals surface area contributed by atoms with Crippen LogP contribution >= 0.6 is 0 Å². The molecule has 2 heterocycles. The van der Waals surface area contributed by atoms with Gasteiger partial charge >= 0.3 is 0 Å². The van der Waals surface area contributed by atoms with Crippen LogP contribution in [0.4, 0.5) is 0 Å². The smallest absolute Gasteiger partial charge is 0.186 e. The van der Waals surface area contributed by atoms with Crippen molar-refractivity contribution >= 4 is 0 Å². The van der Waals surface area contributed by atoms with Gasteiger partial charge in [-0.05, 0) is 25.2 Å². The van der Waals surface area contributed by atoms with E-state index in [4.69, 9.17) is 19.3 Å². The first-order valence-electron chi connectivity index (χ1n) is 9.81. The van der Waals surface area contributed by atoms with Gasteiger partial charge in [-0.2, -0.15) is 0 Å². The number of nitrogens with zero attached hydrogens (tertiary/aromatic N) is 3. The van der Waals surface area contributed by atoms with Gasteiger partial charge < -0.3 is 34.6 Å². The van der Waals surface area contributed by atoms with Gasteiger partial charge in [-0.1, -0.05) is 19.1 Å². The summed E-state index contributed by atoms with van der Waals surface area (Å²) in [5, 5.41) is 46.6. The maximum Gasteiger partial charge on any atom is 0.186 e. The lowest BCUT2D eigenvalue weighted by molar-refractivity contribution is -0.301. The Kier molecular flexibility index (Phi) is 9.72. The number of aromatic nitrogens is 3. The van der Waals surface area contributed by atoms with E-state index in [9.17, 15) is 15.3 Å². The number of ether oxygens (including phenoxy) is 3. The van der Waals surface area contributed by atoms with Crippen molar-refractivity contribution in [2.24, 2.45) is 5.92 Å². The molecule has 1 aromatic heterocycles. The van der Waals surface area contributed by atoms with E-state index in [1.54, 1.807) is 0 Å². The number of aliphatic hydroxyl groups excluding tert-OH is 4. The minimum Gasteiger partial charge on any atom is -0.394 e. The highest BCUT2D eigenvalue weighted by Gasteiger charge is 2.43. The number of aliphatic hydroxyl groups is 4. The summed E-state index contributed by atoms with van der Waals surface area (Å²) in [7, 11) is 0. The van der Waals surface area contributed by atoms with Gasteiger partial charge in [-0.15, -0.1) is 5.10 Å². The van der Waals surface area contributed by atoms with E-state index in [2.05, 4.69) is 24.2 Å². The van der Waals surface area contributed by atoms with Crippen molar-refractivity contribution in [1.82, 2.24) is 15.0 Å². The van der Waals surface area contributed by atoms with Gasteiger partial charge in [0.25, 0.3) is 0 Å². The Morgan fingerprint density at radius 2 is 1.89 bits per heavy atom. The minimum absolute atomic E-state index is 0.289. The molecule has 1 aliphatic rings. The summed E-state index contributed by atoms with van der Waals surface area (Å²) in [5.41, 5.74) is 0.793. The van der Waals surface area contributed by atoms with E-state index < -0.39 is 37.3 Å². The van der Waals surface area contributed by atoms with Gasteiger partial charge in [0, 0.05) is 19.8 Å². The summed E-state index contributed by atoms with van der Waals surface area (Å²) in [5.74, 6) is 0.620. The van der Waals surface area contributed by atoms with E-state index in [0.29, 0.717) is 25.6 Å². The van der Waals surface area contributed by atoms with Gasteiger partial charge in [0.05, 0.1) is 19.4 Å². The van der Waals surface area contributed by atoms with Crippen LogP contribution < -0.4 is 0 Å². The van der Waals surface area contributed by atoms with E-state index in [1.807, 2.05) is 10.9 Å². The summed E-state index contributed by atoms with van der Waals surface area (Å²) in [6, 6.07) is 0. The van der Waals surface area contributed by atoms with Gasteiger partial charge in [-0.3, -0.25) is 4.68 Å². The zero-order valence-corrected chi connectivity index (χ0v) is 16.6. The fourth-order valence-corrected chi connectivity index (χ4v) is 2.79. The van der Waals surface area contributed by atoms with Crippen LogP contribution in [0.3, 0.4) is 0 Å². The average Bonchev–Trinajstić information content (AvgIpc) is 3.13. The average molecular weight is 403 g/mol. The van der Waals surface area contributed by atoms with Crippen LogP contribution in [0.1, 0.15) is 38.8 Å². The van der Waals surface area contributed by atoms with Crippen LogP contribution in [0.25, 0.3) is 0 Å². The van der Waals surface area contributed by atoms with Crippen molar-refractivity contribution in [3.05, 3.63) is 11.9 Å². The second-order valence-corrected chi connectivity index (χ2v) is 7.48. The first-order valence-corrected chi connectivity index (χ1v) is 9.81. The molecule has 0 spiro atoms. The van der Waals surface area contributed by atoms with Crippen molar-refractivity contribution in [1.29, 1.82) is 0 Å². The molecule has 5 unspecified atom stereocenters. The number of aryl methyl sites for hydroxylation is 1. The topological polar surface area (TPSA) is 139 Å². The highest BCUT2D eigenvalue weighted by molar-refractivity contribution is 4.90. The summed E-state index contributed by atoms with van der Waals surface area (Å²) in [6.07, 6.45) is -1.87. The molecule has 10 heteroatoms. The van der Waals surface area contributed by atoms with Crippen LogP contribution in [-0.4, -0.2) is 85.9 Å². The molecular weight excluding hydrogens is 370 g/mol. The molecule has 2 rings (SSSR count). The number of hydrogen-bond donors (Lipinski definition) is 4. The summed E-state index contributed by atoms with van der Waals surface area (Å²) in [6.45, 7) is 5.93. The SMILES string of the molecule is CC(C)CCn1cc(COCCCCOC2OC(CO)C(O)C(O)C2O)nn1. The Bertz CT molecular complexity index is 555. The van der Waals surface area contributed by atoms with Crippen molar-refractivity contribution in [2.45, 2.75) is 77.0 Å². The molecule has 5 atom stereocenters. The Morgan fingerprint density at radius 3 is 2.61 bits per heavy atom. The van der Waals surface area contributed by atoms with Gasteiger partial charge in [0.1, 0.15) is 30.1 Å². The third-order valence-corrected chi connectivity index (χ3v) is 4.59. The summed E-state index contributed by atoms with van der Waals surface area (Å²) in [4.78, 5) is 0. The molecule has 1 fully saturated rings. The maximum absolute atomic E-state index is 9.88. The van der Waals surface area contributed by atoms with Crippen LogP contribution in [-0.2, 0) is 27.4 Å². The van der Waals surface area contributed by atoms with Crippen LogP contribution in [0.15, 0.2) is 6.20 Å². The lowest BCUT2D eigenvalue weighted by Gasteiger charge is -2.39. The molecule has 0 saturated carbocycles. The Labute approximate surface area is 165 Å². The zero-order valence-electron chi connectivity index (χ0n) is 16.6. The third-order valence-electron chi connectivity index (χ3n) is 4.59. The highest BCUT2D eigenvalue weighted by atomic mass is 16.7. The molecule has 162 valence electrons. The van der Waals surface area contributed by atoms with Gasteiger partial charge in [0.2, 0.25) is 0 Å². The van der Waals surface area contributed by atoms with Crippen LogP contribution in [0.5, 0.6) is 0 Å². The Balaban J connectivity index is 1.56. The van der Waals surface area contributed by atoms with Crippen molar-refractivity contribution < 1.29 is 34.6 Å². The number of hydrogen-bond acceptors (Lipinski definition) is 9. The normalized spacial score (nSPS) is 28.2. The number of rotatable bonds is 12. The van der Waals surface area contributed by atoms with Crippen molar-refractivity contribution in [2.75, 3.05) is 19.8 Å². The molecule has 1 aliphatic heterocycles. The molecule has 0 radical (unpaired) electrons. The monoisotopic (exact) mass is 403 g/mol. The molecule has 10 nitrogen and oxygen atoms in total. The van der Waals surface area contributed by atoms with E-state index >= 15 is 0 Å². The zero-order chi connectivity index (χ0) is 20.5. The second-order valence-electron chi connectivity index (χ2n) is 7.48. The molecule has 0 amide bonds. The van der Waals surface area contributed by atoms with E-state index in [-0.39, 0.29) is 6.61 Å². The first-order chi connectivity index (χ1) is 13.4. The third kappa shape index (κ3) is 7.03. The van der Waals surface area contributed by atoms with Gasteiger partial charge in [-0.25, -0.2) is 0 Å². The number of unbranched alkanes of at least 4 members (excludes halogenated alkanes) is 1. The molecule has 1 aromatic rings. The molecular formula is C18H33N3O7. The predicted octanol–water partition coefficient (Wildman–Crippen LogP) is -0.562. The van der Waals surface area contributed by atoms with Crippen LogP contribution in [0, 0.1) is 5.92 Å². The fraction of sp³-hybridized carbons (Fsp3) is 0.889. The lowest BCUT2D eigenvalue weighted by atomic mass is 9.99. The summed E-state index contributed by atoms with van der Waals surface area (Å²) < 4.78 is 18.1. The van der Waals surface area contributed by atoms with Crippen LogP contribution in [0.2, 0.25) is 0 Å². The largest absolute Gasteiger partial charge is 0.394 e. The Hall–Kier alpha value is -1.14. The van der Waals surface area contributed by atoms with Crippen molar-refractivity contribution in [3.63, 3.8) is 0 Å². The Morgan fingerprint density at radius 1 is 1.14 bits per heavy atom. The molecule has 1 saturated heterocycles. The standard InChI is InChI=1S/C18H33N3O7/c1-12(2)5-6-21-9-13(19-20-21)11-26-7-3-4-8-27-18-17(25)16(24)15(23)14(10-22)28-18/h9,12,14-18,22-25H,3-8,10-11H2,1-2H3. The molecule has 0 bridgehead atoms. The lowest BCUT2D eigenvalue weighted by Crippen LogP contribution is -2.59. The fourth-order valence-electron chi connectivity index (χ4n) is 2.79. The maximum atomic E-state index is 9.88. The first kappa shape index (κ1) is 23.1. The second kappa shape index (κ2) is 11.8. The minimum atomic E-state index is -1.42. The van der Waals surface area contributed by atoms with E-state index in [0.717, 1.165) is 25.1 Å². The predicted molar refractivity (Wildman–Crippen MR) is 98.1 cm³/mol.